The predicted octanol–water partition coefficient (Wildman–Crippen LogP) is 10.3. The summed E-state index contributed by atoms with van der Waals surface area (Å²) in [4.78, 5) is 18.1. The number of hydrogen-bond acceptors (Lipinski definition) is 9. The van der Waals surface area contributed by atoms with Crippen LogP contribution in [0.25, 0.3) is 22.5 Å². The van der Waals surface area contributed by atoms with Gasteiger partial charge in [0.15, 0.2) is 0 Å². The van der Waals surface area contributed by atoms with Crippen LogP contribution in [0.3, 0.4) is 0 Å². The number of rotatable bonds is 14. The zero-order valence-corrected chi connectivity index (χ0v) is 30.6. The van der Waals surface area contributed by atoms with Gasteiger partial charge in [0.05, 0.1) is 25.6 Å². The van der Waals surface area contributed by atoms with Gasteiger partial charge in [-0.3, -0.25) is 0 Å². The fourth-order valence-electron chi connectivity index (χ4n) is 5.18. The summed E-state index contributed by atoms with van der Waals surface area (Å²) in [6.45, 7) is 1.18. The molecule has 0 spiro atoms. The largest absolute Gasteiger partial charge is 0.467 e. The molecule has 0 aliphatic carbocycles. The van der Waals surface area contributed by atoms with Crippen molar-refractivity contribution in [1.82, 2.24) is 19.9 Å². The van der Waals surface area contributed by atoms with Crippen LogP contribution in [0.5, 0.6) is 23.5 Å². The Morgan fingerprint density at radius 3 is 1.39 bits per heavy atom. The van der Waals surface area contributed by atoms with Crippen LogP contribution >= 0.6 is 46.4 Å². The van der Waals surface area contributed by atoms with Gasteiger partial charge in [-0.25, -0.2) is 0 Å². The Bertz CT molecular complexity index is 2000. The molecule has 6 aromatic rings. The first kappa shape index (κ1) is 36.0. The number of aromatic nitrogens is 4. The van der Waals surface area contributed by atoms with Gasteiger partial charge in [0.25, 0.3) is 0 Å². The number of methoxy groups -OCH3 is 2. The lowest BCUT2D eigenvalue weighted by atomic mass is 10.1. The summed E-state index contributed by atoms with van der Waals surface area (Å²) in [6.07, 6.45) is 1.36. The molecule has 0 fully saturated rings. The lowest BCUT2D eigenvalue weighted by Crippen LogP contribution is -2.08. The Labute approximate surface area is 315 Å². The molecule has 9 nitrogen and oxygen atoms in total. The minimum atomic E-state index is 0.237. The van der Waals surface area contributed by atoms with Crippen molar-refractivity contribution in [2.45, 2.75) is 12.8 Å². The first-order valence-corrected chi connectivity index (χ1v) is 17.4. The maximum atomic E-state index is 6.35. The number of hydrogen-bond donors (Lipinski definition) is 2. The molecule has 51 heavy (non-hydrogen) atoms. The summed E-state index contributed by atoms with van der Waals surface area (Å²) in [5, 5.41) is 9.13. The number of ether oxygens (including phenoxy) is 3. The van der Waals surface area contributed by atoms with E-state index >= 15 is 0 Å². The smallest absolute Gasteiger partial charge is 0.318 e. The molecule has 0 aliphatic rings. The fourth-order valence-corrected chi connectivity index (χ4v) is 6.19. The normalized spacial score (nSPS) is 10.9. The summed E-state index contributed by atoms with van der Waals surface area (Å²) in [7, 11) is 3.07. The van der Waals surface area contributed by atoms with E-state index in [1.165, 1.54) is 14.2 Å². The molecular weight excluding hydrogens is 730 g/mol. The van der Waals surface area contributed by atoms with Gasteiger partial charge in [-0.05, 0) is 72.5 Å². The maximum Gasteiger partial charge on any atom is 0.318 e. The highest BCUT2D eigenvalue weighted by Crippen LogP contribution is 2.32. The summed E-state index contributed by atoms with van der Waals surface area (Å²) < 4.78 is 17.1. The van der Waals surface area contributed by atoms with Gasteiger partial charge in [-0.2, -0.15) is 19.9 Å². The van der Waals surface area contributed by atoms with Gasteiger partial charge in [0, 0.05) is 56.4 Å². The highest BCUT2D eigenvalue weighted by atomic mass is 35.5. The first-order chi connectivity index (χ1) is 24.8. The monoisotopic (exact) mass is 760 g/mol. The van der Waals surface area contributed by atoms with Crippen molar-refractivity contribution in [3.8, 4) is 46.0 Å². The van der Waals surface area contributed by atoms with Gasteiger partial charge >= 0.3 is 12.0 Å². The van der Waals surface area contributed by atoms with E-state index in [1.54, 1.807) is 12.1 Å². The molecule has 2 heterocycles. The molecule has 0 amide bonds. The van der Waals surface area contributed by atoms with Crippen LogP contribution in [0.2, 0.25) is 20.1 Å². The molecule has 0 aliphatic heterocycles. The standard InChI is InChI=1S/C38H32Cl4N6O3/c1-49-37-45-33(21-35(47-37)43-15-13-23-9-11-27(39)19-31(23)41)25-5-3-7-29(17-25)51-30-8-4-6-26(18-30)34-22-36(48-38(46-34)50-2)44-16-14-24-10-12-28(40)20-32(24)42/h3-12,17-22H,13-16H2,1-2H3,(H,43,45,47)(H,44,46,48). The molecule has 0 saturated carbocycles. The van der Waals surface area contributed by atoms with Gasteiger partial charge in [-0.15, -0.1) is 0 Å². The third-order valence-corrected chi connectivity index (χ3v) is 8.88. The van der Waals surface area contributed by atoms with Crippen molar-refractivity contribution < 1.29 is 14.2 Å². The number of halogens is 4. The number of anilines is 2. The van der Waals surface area contributed by atoms with Crippen molar-refractivity contribution in [3.05, 3.63) is 128 Å². The van der Waals surface area contributed by atoms with Gasteiger partial charge in [0.1, 0.15) is 23.1 Å². The molecule has 0 radical (unpaired) electrons. The second-order valence-corrected chi connectivity index (χ2v) is 12.9. The lowest BCUT2D eigenvalue weighted by Gasteiger charge is -2.12. The summed E-state index contributed by atoms with van der Waals surface area (Å²) >= 11 is 24.8. The van der Waals surface area contributed by atoms with Crippen molar-refractivity contribution in [1.29, 1.82) is 0 Å². The molecular formula is C38H32Cl4N6O3. The molecule has 4 aromatic carbocycles. The Kier molecular flexibility index (Phi) is 12.0. The average molecular weight is 763 g/mol. The van der Waals surface area contributed by atoms with Gasteiger partial charge < -0.3 is 24.8 Å². The number of nitrogens with one attached hydrogen (secondary N) is 2. The Morgan fingerprint density at radius 1 is 0.529 bits per heavy atom. The van der Waals surface area contributed by atoms with E-state index in [0.717, 1.165) is 22.3 Å². The Morgan fingerprint density at radius 2 is 0.980 bits per heavy atom. The van der Waals surface area contributed by atoms with E-state index in [4.69, 9.17) is 60.6 Å². The quantitative estimate of drug-likeness (QED) is 0.112. The lowest BCUT2D eigenvalue weighted by molar-refractivity contribution is 0.381. The molecule has 0 bridgehead atoms. The molecule has 260 valence electrons. The van der Waals surface area contributed by atoms with E-state index in [2.05, 4.69) is 30.6 Å². The minimum absolute atomic E-state index is 0.237. The van der Waals surface area contributed by atoms with Crippen molar-refractivity contribution >= 4 is 58.0 Å². The summed E-state index contributed by atoms with van der Waals surface area (Å²) in [6, 6.07) is 30.5. The predicted molar refractivity (Wildman–Crippen MR) is 205 cm³/mol. The van der Waals surface area contributed by atoms with Crippen LogP contribution in [0.15, 0.2) is 97.1 Å². The van der Waals surface area contributed by atoms with Crippen LogP contribution in [0.1, 0.15) is 11.1 Å². The molecule has 0 atom stereocenters. The maximum absolute atomic E-state index is 6.35. The zero-order valence-electron chi connectivity index (χ0n) is 27.6. The highest BCUT2D eigenvalue weighted by Gasteiger charge is 2.12. The van der Waals surface area contributed by atoms with Crippen LogP contribution in [-0.2, 0) is 12.8 Å². The zero-order chi connectivity index (χ0) is 35.7. The third-order valence-electron chi connectivity index (χ3n) is 7.70. The van der Waals surface area contributed by atoms with E-state index in [1.807, 2.05) is 84.9 Å². The Balaban J connectivity index is 1.15. The second kappa shape index (κ2) is 16.9. The molecule has 0 unspecified atom stereocenters. The summed E-state index contributed by atoms with van der Waals surface area (Å²) in [5.41, 5.74) is 4.94. The van der Waals surface area contributed by atoms with E-state index in [9.17, 15) is 0 Å². The topological polar surface area (TPSA) is 103 Å². The highest BCUT2D eigenvalue weighted by molar-refractivity contribution is 6.35. The van der Waals surface area contributed by atoms with Crippen LogP contribution in [0, 0.1) is 0 Å². The second-order valence-electron chi connectivity index (χ2n) is 11.2. The van der Waals surface area contributed by atoms with Crippen molar-refractivity contribution in [2.75, 3.05) is 37.9 Å². The van der Waals surface area contributed by atoms with E-state index in [0.29, 0.717) is 80.5 Å². The first-order valence-electron chi connectivity index (χ1n) is 15.9. The molecule has 2 aromatic heterocycles. The van der Waals surface area contributed by atoms with E-state index < -0.39 is 0 Å². The number of benzene rings is 4. The van der Waals surface area contributed by atoms with Crippen LogP contribution in [-0.4, -0.2) is 47.2 Å². The molecule has 0 saturated heterocycles. The van der Waals surface area contributed by atoms with Crippen molar-refractivity contribution in [2.24, 2.45) is 0 Å². The summed E-state index contributed by atoms with van der Waals surface area (Å²) in [5.74, 6) is 2.47. The van der Waals surface area contributed by atoms with Crippen LogP contribution < -0.4 is 24.8 Å². The third kappa shape index (κ3) is 9.71. The number of nitrogens with zero attached hydrogens (tertiary/aromatic N) is 4. The van der Waals surface area contributed by atoms with Gasteiger partial charge in [-0.1, -0.05) is 82.8 Å². The van der Waals surface area contributed by atoms with Gasteiger partial charge in [0.2, 0.25) is 0 Å². The Hall–Kier alpha value is -4.80. The average Bonchev–Trinajstić information content (AvgIpc) is 3.13. The van der Waals surface area contributed by atoms with E-state index in [-0.39, 0.29) is 12.0 Å². The molecule has 2 N–H and O–H groups in total. The molecule has 13 heteroatoms. The SMILES string of the molecule is COc1nc(NCCc2ccc(Cl)cc2Cl)cc(-c2cccc(Oc3cccc(-c4cc(NCCc5ccc(Cl)cc5Cl)nc(OC)n4)c3)c2)n1. The van der Waals surface area contributed by atoms with Crippen molar-refractivity contribution in [3.63, 3.8) is 0 Å². The minimum Gasteiger partial charge on any atom is -0.467 e. The van der Waals surface area contributed by atoms with Crippen LogP contribution in [0.4, 0.5) is 11.6 Å². The molecule has 6 rings (SSSR count). The fraction of sp³-hybridized carbons (Fsp3) is 0.158.